The second-order valence-corrected chi connectivity index (χ2v) is 5.95. The maximum atomic E-state index is 4.13. The van der Waals surface area contributed by atoms with Gasteiger partial charge in [0.1, 0.15) is 0 Å². The van der Waals surface area contributed by atoms with E-state index in [-0.39, 0.29) is 0 Å². The molecule has 1 aliphatic heterocycles. The molecule has 2 rings (SSSR count). The molecular weight excluding hydrogens is 218 g/mol. The summed E-state index contributed by atoms with van der Waals surface area (Å²) in [6.45, 7) is 9.12. The number of aromatic nitrogens is 1. The van der Waals surface area contributed by atoms with Crippen LogP contribution < -0.4 is 5.32 Å². The molecule has 0 aliphatic carbocycles. The lowest BCUT2D eigenvalue weighted by Crippen LogP contribution is -2.50. The van der Waals surface area contributed by atoms with Crippen LogP contribution in [0.1, 0.15) is 25.1 Å². The first-order chi connectivity index (χ1) is 7.74. The van der Waals surface area contributed by atoms with E-state index in [2.05, 4.69) is 29.0 Å². The molecule has 0 spiro atoms. The predicted octanol–water partition coefficient (Wildman–Crippen LogP) is 1.96. The van der Waals surface area contributed by atoms with E-state index >= 15 is 0 Å². The van der Waals surface area contributed by atoms with E-state index in [0.29, 0.717) is 6.04 Å². The van der Waals surface area contributed by atoms with Crippen LogP contribution in [-0.2, 0) is 6.54 Å². The number of thiazole rings is 1. The minimum atomic E-state index is 0.668. The molecule has 1 atom stereocenters. The topological polar surface area (TPSA) is 28.2 Å². The van der Waals surface area contributed by atoms with Crippen molar-refractivity contribution < 1.29 is 0 Å². The number of hydrogen-bond donors (Lipinski definition) is 1. The van der Waals surface area contributed by atoms with Gasteiger partial charge in [-0.3, -0.25) is 9.88 Å². The van der Waals surface area contributed by atoms with Gasteiger partial charge in [0.25, 0.3) is 0 Å². The standard InChI is InChI=1S/C12H21N3S/c1-10(2)5-11-7-15(4-3-14-11)8-12-6-13-9-16-12/h6,9-11,14H,3-5,7-8H2,1-2H3. The maximum absolute atomic E-state index is 4.13. The summed E-state index contributed by atoms with van der Waals surface area (Å²) in [4.78, 5) is 8.05. The molecule has 1 N–H and O–H groups in total. The monoisotopic (exact) mass is 239 g/mol. The van der Waals surface area contributed by atoms with Crippen molar-refractivity contribution in [2.24, 2.45) is 5.92 Å². The van der Waals surface area contributed by atoms with Crippen molar-refractivity contribution in [3.8, 4) is 0 Å². The zero-order valence-corrected chi connectivity index (χ0v) is 11.0. The van der Waals surface area contributed by atoms with E-state index in [0.717, 1.165) is 25.6 Å². The fourth-order valence-corrected chi connectivity index (χ4v) is 2.94. The molecule has 1 aromatic rings. The summed E-state index contributed by atoms with van der Waals surface area (Å²) in [6, 6.07) is 0.668. The minimum absolute atomic E-state index is 0.668. The molecule has 3 nitrogen and oxygen atoms in total. The largest absolute Gasteiger partial charge is 0.311 e. The highest BCUT2D eigenvalue weighted by molar-refractivity contribution is 7.09. The molecule has 4 heteroatoms. The Morgan fingerprint density at radius 1 is 1.62 bits per heavy atom. The van der Waals surface area contributed by atoms with E-state index in [4.69, 9.17) is 0 Å². The van der Waals surface area contributed by atoms with Gasteiger partial charge < -0.3 is 5.32 Å². The van der Waals surface area contributed by atoms with E-state index in [9.17, 15) is 0 Å². The highest BCUT2D eigenvalue weighted by Crippen LogP contribution is 2.14. The Balaban J connectivity index is 1.82. The van der Waals surface area contributed by atoms with Gasteiger partial charge in [-0.1, -0.05) is 13.8 Å². The van der Waals surface area contributed by atoms with E-state index in [1.807, 2.05) is 11.7 Å². The lowest BCUT2D eigenvalue weighted by molar-refractivity contribution is 0.181. The fraction of sp³-hybridized carbons (Fsp3) is 0.750. The molecule has 0 amide bonds. The molecule has 1 aliphatic rings. The van der Waals surface area contributed by atoms with Crippen LogP contribution in [0, 0.1) is 5.92 Å². The first-order valence-corrected chi connectivity index (χ1v) is 6.95. The SMILES string of the molecule is CC(C)CC1CN(Cc2cncs2)CCN1. The Labute approximate surface area is 102 Å². The van der Waals surface area contributed by atoms with Gasteiger partial charge in [0.15, 0.2) is 0 Å². The van der Waals surface area contributed by atoms with Gasteiger partial charge in [0.05, 0.1) is 5.51 Å². The number of piperazine rings is 1. The van der Waals surface area contributed by atoms with Crippen LogP contribution in [0.15, 0.2) is 11.7 Å². The van der Waals surface area contributed by atoms with Gasteiger partial charge in [0.2, 0.25) is 0 Å². The summed E-state index contributed by atoms with van der Waals surface area (Å²) in [7, 11) is 0. The number of rotatable bonds is 4. The van der Waals surface area contributed by atoms with Crippen LogP contribution in [0.3, 0.4) is 0 Å². The summed E-state index contributed by atoms with van der Waals surface area (Å²) in [5.74, 6) is 0.779. The fourth-order valence-electron chi connectivity index (χ4n) is 2.31. The molecule has 1 saturated heterocycles. The summed E-state index contributed by atoms with van der Waals surface area (Å²) in [5.41, 5.74) is 1.92. The Hall–Kier alpha value is -0.450. The van der Waals surface area contributed by atoms with Gasteiger partial charge >= 0.3 is 0 Å². The third-order valence-corrected chi connectivity index (χ3v) is 3.72. The molecular formula is C12H21N3S. The zero-order chi connectivity index (χ0) is 11.4. The average Bonchev–Trinajstić information content (AvgIpc) is 2.70. The first-order valence-electron chi connectivity index (χ1n) is 6.07. The second kappa shape index (κ2) is 5.75. The number of nitrogens with zero attached hydrogens (tertiary/aromatic N) is 2. The molecule has 2 heterocycles. The molecule has 0 bridgehead atoms. The van der Waals surface area contributed by atoms with Crippen LogP contribution in [0.4, 0.5) is 0 Å². The summed E-state index contributed by atoms with van der Waals surface area (Å²) in [5, 5.41) is 3.61. The number of hydrogen-bond acceptors (Lipinski definition) is 4. The van der Waals surface area contributed by atoms with Gasteiger partial charge in [0, 0.05) is 43.3 Å². The Morgan fingerprint density at radius 3 is 3.19 bits per heavy atom. The van der Waals surface area contributed by atoms with Crippen molar-refractivity contribution in [2.75, 3.05) is 19.6 Å². The lowest BCUT2D eigenvalue weighted by Gasteiger charge is -2.34. The zero-order valence-electron chi connectivity index (χ0n) is 10.1. The van der Waals surface area contributed by atoms with Crippen LogP contribution >= 0.6 is 11.3 Å². The number of nitrogens with one attached hydrogen (secondary N) is 1. The van der Waals surface area contributed by atoms with Gasteiger partial charge in [-0.25, -0.2) is 0 Å². The highest BCUT2D eigenvalue weighted by Gasteiger charge is 2.20. The van der Waals surface area contributed by atoms with Crippen molar-refractivity contribution in [2.45, 2.75) is 32.9 Å². The van der Waals surface area contributed by atoms with Crippen LogP contribution in [-0.4, -0.2) is 35.6 Å². The average molecular weight is 239 g/mol. The van der Waals surface area contributed by atoms with Crippen LogP contribution in [0.5, 0.6) is 0 Å². The van der Waals surface area contributed by atoms with E-state index in [1.54, 1.807) is 11.3 Å². The molecule has 90 valence electrons. The minimum Gasteiger partial charge on any atom is -0.311 e. The Kier molecular flexibility index (Phi) is 4.32. The second-order valence-electron chi connectivity index (χ2n) is 4.98. The molecule has 1 unspecified atom stereocenters. The molecule has 0 saturated carbocycles. The van der Waals surface area contributed by atoms with Crippen molar-refractivity contribution in [1.82, 2.24) is 15.2 Å². The smallest absolute Gasteiger partial charge is 0.0794 e. The third kappa shape index (κ3) is 3.54. The highest BCUT2D eigenvalue weighted by atomic mass is 32.1. The van der Waals surface area contributed by atoms with Crippen LogP contribution in [0.25, 0.3) is 0 Å². The summed E-state index contributed by atoms with van der Waals surface area (Å²) < 4.78 is 0. The molecule has 1 fully saturated rings. The summed E-state index contributed by atoms with van der Waals surface area (Å²) in [6.07, 6.45) is 3.27. The Morgan fingerprint density at radius 2 is 2.50 bits per heavy atom. The quantitative estimate of drug-likeness (QED) is 0.870. The van der Waals surface area contributed by atoms with Gasteiger partial charge in [-0.2, -0.15) is 0 Å². The van der Waals surface area contributed by atoms with Crippen molar-refractivity contribution in [3.05, 3.63) is 16.6 Å². The molecule has 0 aromatic carbocycles. The Bertz CT molecular complexity index is 297. The van der Waals surface area contributed by atoms with Crippen molar-refractivity contribution >= 4 is 11.3 Å². The predicted molar refractivity (Wildman–Crippen MR) is 68.6 cm³/mol. The van der Waals surface area contributed by atoms with Gasteiger partial charge in [-0.05, 0) is 12.3 Å². The molecule has 0 radical (unpaired) electrons. The summed E-state index contributed by atoms with van der Waals surface area (Å²) >= 11 is 1.76. The van der Waals surface area contributed by atoms with Crippen molar-refractivity contribution in [3.63, 3.8) is 0 Å². The molecule has 16 heavy (non-hydrogen) atoms. The van der Waals surface area contributed by atoms with E-state index in [1.165, 1.54) is 17.8 Å². The third-order valence-electron chi connectivity index (χ3n) is 2.96. The normalized spacial score (nSPS) is 22.8. The van der Waals surface area contributed by atoms with E-state index < -0.39 is 0 Å². The van der Waals surface area contributed by atoms with Crippen LogP contribution in [0.2, 0.25) is 0 Å². The van der Waals surface area contributed by atoms with Crippen molar-refractivity contribution in [1.29, 1.82) is 0 Å². The lowest BCUT2D eigenvalue weighted by atomic mass is 10.0. The first kappa shape index (κ1) is 12.0. The molecule has 1 aromatic heterocycles. The maximum Gasteiger partial charge on any atom is 0.0794 e. The van der Waals surface area contributed by atoms with Gasteiger partial charge in [-0.15, -0.1) is 11.3 Å².